The molecule has 0 spiro atoms. The smallest absolute Gasteiger partial charge is 0.419 e. The maximum atomic E-state index is 11.2. The van der Waals surface area contributed by atoms with Crippen LogP contribution in [-0.4, -0.2) is 30.0 Å². The summed E-state index contributed by atoms with van der Waals surface area (Å²) in [4.78, 5) is 11.2. The van der Waals surface area contributed by atoms with E-state index in [9.17, 15) is 4.79 Å². The Labute approximate surface area is 91.8 Å². The molecule has 1 heterocycles. The molecule has 1 aromatic heterocycles. The van der Waals surface area contributed by atoms with Crippen molar-refractivity contribution in [2.75, 3.05) is 14.2 Å². The zero-order chi connectivity index (χ0) is 11.7. The van der Waals surface area contributed by atoms with Gasteiger partial charge in [0.05, 0.1) is 19.7 Å². The molecular formula is C11H11NO4. The summed E-state index contributed by atoms with van der Waals surface area (Å²) in [6, 6.07) is 7.07. The van der Waals surface area contributed by atoms with Crippen LogP contribution in [0.3, 0.4) is 0 Å². The molecule has 0 unspecified atom stereocenters. The summed E-state index contributed by atoms with van der Waals surface area (Å²) in [7, 11) is 2.90. The third kappa shape index (κ3) is 1.29. The van der Waals surface area contributed by atoms with Gasteiger partial charge >= 0.3 is 6.09 Å². The Kier molecular flexibility index (Phi) is 2.44. The van der Waals surface area contributed by atoms with Gasteiger partial charge in [0.1, 0.15) is 0 Å². The van der Waals surface area contributed by atoms with Gasteiger partial charge in [-0.25, -0.2) is 9.36 Å². The van der Waals surface area contributed by atoms with Crippen LogP contribution in [-0.2, 0) is 0 Å². The number of para-hydroxylation sites is 1. The predicted molar refractivity (Wildman–Crippen MR) is 58.5 cm³/mol. The van der Waals surface area contributed by atoms with Gasteiger partial charge in [-0.05, 0) is 12.1 Å². The van der Waals surface area contributed by atoms with Crippen molar-refractivity contribution in [3.63, 3.8) is 0 Å². The molecule has 1 N–H and O–H groups in total. The summed E-state index contributed by atoms with van der Waals surface area (Å²) < 4.78 is 11.3. The number of hydrogen-bond acceptors (Lipinski definition) is 3. The second-order valence-corrected chi connectivity index (χ2v) is 3.18. The number of hydrogen-bond donors (Lipinski definition) is 1. The number of carboxylic acid groups (broad SMARTS) is 1. The number of aromatic nitrogens is 1. The first-order valence-electron chi connectivity index (χ1n) is 4.65. The van der Waals surface area contributed by atoms with Crippen molar-refractivity contribution >= 4 is 17.0 Å². The first-order chi connectivity index (χ1) is 7.70. The highest BCUT2D eigenvalue weighted by Gasteiger charge is 2.21. The van der Waals surface area contributed by atoms with E-state index >= 15 is 0 Å². The molecule has 84 valence electrons. The quantitative estimate of drug-likeness (QED) is 0.844. The normalized spacial score (nSPS) is 10.4. The van der Waals surface area contributed by atoms with Crippen LogP contribution < -0.4 is 9.47 Å². The number of carbonyl (C=O) groups is 1. The number of benzene rings is 1. The Morgan fingerprint density at radius 2 is 1.94 bits per heavy atom. The number of rotatable bonds is 2. The Morgan fingerprint density at radius 3 is 2.50 bits per heavy atom. The van der Waals surface area contributed by atoms with E-state index in [0.29, 0.717) is 16.7 Å². The summed E-state index contributed by atoms with van der Waals surface area (Å²) in [6.07, 6.45) is -1.10. The average Bonchev–Trinajstić information content (AvgIpc) is 2.62. The summed E-state index contributed by atoms with van der Waals surface area (Å²) in [5.41, 5.74) is 0.545. The van der Waals surface area contributed by atoms with Crippen molar-refractivity contribution in [1.29, 1.82) is 0 Å². The lowest BCUT2D eigenvalue weighted by Gasteiger charge is -2.04. The lowest BCUT2D eigenvalue weighted by Crippen LogP contribution is -2.09. The zero-order valence-corrected chi connectivity index (χ0v) is 8.93. The topological polar surface area (TPSA) is 60.7 Å². The Morgan fingerprint density at radius 1 is 1.25 bits per heavy atom. The van der Waals surface area contributed by atoms with Gasteiger partial charge in [0.2, 0.25) is 5.88 Å². The molecule has 5 heteroatoms. The molecule has 0 atom stereocenters. The average molecular weight is 221 g/mol. The lowest BCUT2D eigenvalue weighted by atomic mass is 10.2. The number of methoxy groups -OCH3 is 2. The SMILES string of the molecule is COc1c(OC)n(C(=O)O)c2ccccc12. The standard InChI is InChI=1S/C11H11NO4/c1-15-9-7-5-3-4-6-8(7)12(11(13)14)10(9)16-2/h3-6H,1-2H3,(H,13,14). The summed E-state index contributed by atoms with van der Waals surface area (Å²) in [5.74, 6) is 0.622. The first kappa shape index (κ1) is 10.4. The summed E-state index contributed by atoms with van der Waals surface area (Å²) in [6.45, 7) is 0. The molecule has 1 aromatic carbocycles. The van der Waals surface area contributed by atoms with Crippen molar-refractivity contribution in [2.24, 2.45) is 0 Å². The Balaban J connectivity index is 2.90. The third-order valence-electron chi connectivity index (χ3n) is 2.38. The fraction of sp³-hybridized carbons (Fsp3) is 0.182. The van der Waals surface area contributed by atoms with Crippen LogP contribution in [0.1, 0.15) is 0 Å². The van der Waals surface area contributed by atoms with Crippen LogP contribution >= 0.6 is 0 Å². The number of nitrogens with zero attached hydrogens (tertiary/aromatic N) is 1. The third-order valence-corrected chi connectivity index (χ3v) is 2.38. The van der Waals surface area contributed by atoms with E-state index in [2.05, 4.69) is 0 Å². The van der Waals surface area contributed by atoms with E-state index in [1.54, 1.807) is 18.2 Å². The van der Waals surface area contributed by atoms with Gasteiger partial charge in [0.25, 0.3) is 0 Å². The molecule has 0 fully saturated rings. The van der Waals surface area contributed by atoms with Crippen molar-refractivity contribution in [3.05, 3.63) is 24.3 Å². The second kappa shape index (κ2) is 3.77. The van der Waals surface area contributed by atoms with Gasteiger partial charge < -0.3 is 14.6 Å². The zero-order valence-electron chi connectivity index (χ0n) is 8.93. The van der Waals surface area contributed by atoms with Gasteiger partial charge in [-0.3, -0.25) is 0 Å². The second-order valence-electron chi connectivity index (χ2n) is 3.18. The molecule has 5 nitrogen and oxygen atoms in total. The maximum Gasteiger partial charge on any atom is 0.419 e. The Bertz CT molecular complexity index is 544. The predicted octanol–water partition coefficient (Wildman–Crippen LogP) is 2.18. The molecule has 0 bridgehead atoms. The maximum absolute atomic E-state index is 11.2. The molecule has 16 heavy (non-hydrogen) atoms. The minimum absolute atomic E-state index is 0.191. The van der Waals surface area contributed by atoms with E-state index in [0.717, 1.165) is 4.57 Å². The Hall–Kier alpha value is -2.17. The summed E-state index contributed by atoms with van der Waals surface area (Å²) in [5, 5.41) is 9.84. The largest absolute Gasteiger partial charge is 0.491 e. The highest BCUT2D eigenvalue weighted by molar-refractivity contribution is 5.96. The van der Waals surface area contributed by atoms with Crippen LogP contribution in [0.4, 0.5) is 4.79 Å². The highest BCUT2D eigenvalue weighted by Crippen LogP contribution is 2.38. The van der Waals surface area contributed by atoms with Gasteiger partial charge in [0, 0.05) is 5.39 Å². The van der Waals surface area contributed by atoms with Gasteiger partial charge in [0.15, 0.2) is 5.75 Å². The number of fused-ring (bicyclic) bond motifs is 1. The molecule has 0 aliphatic carbocycles. The fourth-order valence-corrected chi connectivity index (χ4v) is 1.76. The van der Waals surface area contributed by atoms with E-state index in [1.165, 1.54) is 14.2 Å². The van der Waals surface area contributed by atoms with Crippen LogP contribution in [0, 0.1) is 0 Å². The molecule has 0 aliphatic rings. The fourth-order valence-electron chi connectivity index (χ4n) is 1.76. The molecule has 2 rings (SSSR count). The monoisotopic (exact) mass is 221 g/mol. The number of ether oxygens (including phenoxy) is 2. The lowest BCUT2D eigenvalue weighted by molar-refractivity contribution is 0.193. The van der Waals surface area contributed by atoms with E-state index in [-0.39, 0.29) is 5.88 Å². The van der Waals surface area contributed by atoms with Crippen molar-refractivity contribution < 1.29 is 19.4 Å². The van der Waals surface area contributed by atoms with E-state index < -0.39 is 6.09 Å². The minimum Gasteiger partial charge on any atom is -0.491 e. The van der Waals surface area contributed by atoms with Crippen LogP contribution in [0.15, 0.2) is 24.3 Å². The van der Waals surface area contributed by atoms with E-state index in [4.69, 9.17) is 14.6 Å². The van der Waals surface area contributed by atoms with Crippen LogP contribution in [0.25, 0.3) is 10.9 Å². The molecule has 0 radical (unpaired) electrons. The van der Waals surface area contributed by atoms with Crippen molar-refractivity contribution in [1.82, 2.24) is 4.57 Å². The highest BCUT2D eigenvalue weighted by atomic mass is 16.5. The van der Waals surface area contributed by atoms with Gasteiger partial charge in [-0.2, -0.15) is 0 Å². The van der Waals surface area contributed by atoms with Crippen molar-refractivity contribution in [2.45, 2.75) is 0 Å². The van der Waals surface area contributed by atoms with Crippen LogP contribution in [0.5, 0.6) is 11.6 Å². The molecule has 0 saturated heterocycles. The summed E-state index contributed by atoms with van der Waals surface area (Å²) >= 11 is 0. The molecular weight excluding hydrogens is 210 g/mol. The van der Waals surface area contributed by atoms with Gasteiger partial charge in [-0.15, -0.1) is 0 Å². The van der Waals surface area contributed by atoms with Crippen LogP contribution in [0.2, 0.25) is 0 Å². The first-order valence-corrected chi connectivity index (χ1v) is 4.65. The minimum atomic E-state index is -1.10. The van der Waals surface area contributed by atoms with Crippen molar-refractivity contribution in [3.8, 4) is 11.6 Å². The molecule has 0 amide bonds. The van der Waals surface area contributed by atoms with Gasteiger partial charge in [-0.1, -0.05) is 12.1 Å². The van der Waals surface area contributed by atoms with E-state index in [1.807, 2.05) is 6.07 Å². The molecule has 0 aliphatic heterocycles. The molecule has 2 aromatic rings. The molecule has 0 saturated carbocycles.